The van der Waals surface area contributed by atoms with Crippen molar-refractivity contribution >= 4 is 51.0 Å². The molecule has 0 unspecified atom stereocenters. The zero-order valence-electron chi connectivity index (χ0n) is 26.2. The molecule has 46 heavy (non-hydrogen) atoms. The Morgan fingerprint density at radius 3 is 1.46 bits per heavy atom. The van der Waals surface area contributed by atoms with Gasteiger partial charge in [0.25, 0.3) is 0 Å². The molecule has 0 aliphatic rings. The highest BCUT2D eigenvalue weighted by molar-refractivity contribution is 5.99. The van der Waals surface area contributed by atoms with Crippen LogP contribution in [0.5, 0.6) is 0 Å². The van der Waals surface area contributed by atoms with Crippen LogP contribution >= 0.6 is 0 Å². The molecule has 0 aromatic heterocycles. The highest BCUT2D eigenvalue weighted by Gasteiger charge is 2.17. The van der Waals surface area contributed by atoms with E-state index < -0.39 is 0 Å². The summed E-state index contributed by atoms with van der Waals surface area (Å²) in [5.74, 6) is 0. The van der Waals surface area contributed by atoms with Crippen LogP contribution in [0.2, 0.25) is 0 Å². The van der Waals surface area contributed by atoms with E-state index in [9.17, 15) is 0 Å². The summed E-state index contributed by atoms with van der Waals surface area (Å²) in [6.45, 7) is 4.25. The molecular weight excluding hydrogens is 556 g/mol. The predicted molar refractivity (Wildman–Crippen MR) is 198 cm³/mol. The van der Waals surface area contributed by atoms with Gasteiger partial charge in [-0.15, -0.1) is 0 Å². The lowest BCUT2D eigenvalue weighted by molar-refractivity contribution is 1.26. The van der Waals surface area contributed by atoms with Gasteiger partial charge in [-0.1, -0.05) is 121 Å². The molecule has 0 fully saturated rings. The molecule has 0 N–H and O–H groups in total. The normalized spacial score (nSPS) is 11.2. The minimum absolute atomic E-state index is 1.12. The zero-order valence-corrected chi connectivity index (χ0v) is 26.2. The second kappa shape index (κ2) is 13.0. The van der Waals surface area contributed by atoms with Gasteiger partial charge in [0.2, 0.25) is 0 Å². The number of aryl methyl sites for hydroxylation is 1. The van der Waals surface area contributed by atoms with Gasteiger partial charge in [-0.05, 0) is 96.6 Å². The fourth-order valence-corrected chi connectivity index (χ4v) is 6.26. The molecule has 0 aliphatic heterocycles. The van der Waals surface area contributed by atoms with Crippen molar-refractivity contribution in [1.82, 2.24) is 0 Å². The second-order valence-electron chi connectivity index (χ2n) is 11.4. The molecule has 0 radical (unpaired) electrons. The second-order valence-corrected chi connectivity index (χ2v) is 11.4. The molecular formula is C44H36N2. The number of rotatable bonds is 8. The molecule has 0 saturated carbocycles. The minimum atomic E-state index is 1.12. The van der Waals surface area contributed by atoms with E-state index in [1.165, 1.54) is 33.0 Å². The van der Waals surface area contributed by atoms with Gasteiger partial charge >= 0.3 is 0 Å². The Bertz CT molecular complexity index is 2090. The van der Waals surface area contributed by atoms with Crippen LogP contribution in [0.15, 0.2) is 176 Å². The fourth-order valence-electron chi connectivity index (χ4n) is 6.26. The van der Waals surface area contributed by atoms with E-state index in [0.29, 0.717) is 0 Å². The fraction of sp³-hybridized carbons (Fsp3) is 0.0455. The van der Waals surface area contributed by atoms with E-state index >= 15 is 0 Å². The van der Waals surface area contributed by atoms with E-state index in [2.05, 4.69) is 206 Å². The lowest BCUT2D eigenvalue weighted by Crippen LogP contribution is -2.11. The van der Waals surface area contributed by atoms with Crippen LogP contribution in [-0.4, -0.2) is 0 Å². The Morgan fingerprint density at radius 1 is 0.413 bits per heavy atom. The van der Waals surface area contributed by atoms with Crippen molar-refractivity contribution in [2.75, 3.05) is 9.80 Å². The van der Waals surface area contributed by atoms with E-state index in [1.54, 1.807) is 0 Å². The maximum atomic E-state index is 2.34. The average molecular weight is 593 g/mol. The molecule has 0 heterocycles. The first-order chi connectivity index (χ1) is 22.7. The number of hydrogen-bond acceptors (Lipinski definition) is 2. The standard InChI is InChI=1S/C44H36N2/c1-3-14-41-33(2)15-12-23-43(41)45(37-18-6-4-7-19-37)39-29-25-34(26-30-39)35-27-31-40(32-28-35)46(38-20-8-5-9-21-38)44-24-13-17-36-16-10-11-22-42(36)44/h3-32H,1-2H3/b14-3-. The maximum absolute atomic E-state index is 2.34. The number of anilines is 6. The quantitative estimate of drug-likeness (QED) is 0.173. The average Bonchev–Trinajstić information content (AvgIpc) is 3.12. The monoisotopic (exact) mass is 592 g/mol. The van der Waals surface area contributed by atoms with Gasteiger partial charge in [-0.25, -0.2) is 0 Å². The summed E-state index contributed by atoms with van der Waals surface area (Å²) < 4.78 is 0. The summed E-state index contributed by atoms with van der Waals surface area (Å²) in [4.78, 5) is 4.69. The van der Waals surface area contributed by atoms with Crippen molar-refractivity contribution in [2.24, 2.45) is 0 Å². The summed E-state index contributed by atoms with van der Waals surface area (Å²) >= 11 is 0. The number of para-hydroxylation sites is 2. The molecule has 0 amide bonds. The van der Waals surface area contributed by atoms with Gasteiger partial charge in [0.1, 0.15) is 0 Å². The van der Waals surface area contributed by atoms with Crippen molar-refractivity contribution in [3.8, 4) is 11.1 Å². The van der Waals surface area contributed by atoms with Crippen molar-refractivity contribution in [1.29, 1.82) is 0 Å². The van der Waals surface area contributed by atoms with Crippen molar-refractivity contribution in [3.63, 3.8) is 0 Å². The van der Waals surface area contributed by atoms with E-state index in [0.717, 1.165) is 34.1 Å². The summed E-state index contributed by atoms with van der Waals surface area (Å²) in [6, 6.07) is 60.6. The molecule has 2 nitrogen and oxygen atoms in total. The highest BCUT2D eigenvalue weighted by Crippen LogP contribution is 2.41. The van der Waals surface area contributed by atoms with Gasteiger partial charge in [0, 0.05) is 33.7 Å². The molecule has 0 atom stereocenters. The van der Waals surface area contributed by atoms with Crippen LogP contribution in [0.4, 0.5) is 34.1 Å². The van der Waals surface area contributed by atoms with E-state index in [1.807, 2.05) is 0 Å². The first-order valence-electron chi connectivity index (χ1n) is 15.8. The third-order valence-electron chi connectivity index (χ3n) is 8.50. The first kappa shape index (κ1) is 28.9. The van der Waals surface area contributed by atoms with Crippen LogP contribution in [0, 0.1) is 6.92 Å². The Hall–Kier alpha value is -5.86. The topological polar surface area (TPSA) is 6.48 Å². The largest absolute Gasteiger partial charge is 0.310 e. The molecule has 7 aromatic rings. The zero-order chi connectivity index (χ0) is 31.3. The number of benzene rings is 7. The van der Waals surface area contributed by atoms with Crippen LogP contribution in [0.1, 0.15) is 18.1 Å². The van der Waals surface area contributed by atoms with Gasteiger partial charge in [-0.2, -0.15) is 0 Å². The van der Waals surface area contributed by atoms with Gasteiger partial charge in [0.15, 0.2) is 0 Å². The van der Waals surface area contributed by atoms with E-state index in [-0.39, 0.29) is 0 Å². The third-order valence-corrected chi connectivity index (χ3v) is 8.50. The highest BCUT2D eigenvalue weighted by atomic mass is 15.1. The van der Waals surface area contributed by atoms with Gasteiger partial charge < -0.3 is 9.80 Å². The lowest BCUT2D eigenvalue weighted by Gasteiger charge is -2.28. The molecule has 7 rings (SSSR count). The number of nitrogens with zero attached hydrogens (tertiary/aromatic N) is 2. The van der Waals surface area contributed by atoms with Crippen molar-refractivity contribution in [3.05, 3.63) is 187 Å². The van der Waals surface area contributed by atoms with Crippen LogP contribution in [0.25, 0.3) is 28.0 Å². The lowest BCUT2D eigenvalue weighted by atomic mass is 10.0. The third kappa shape index (κ3) is 5.69. The van der Waals surface area contributed by atoms with Crippen LogP contribution in [0.3, 0.4) is 0 Å². The number of allylic oxidation sites excluding steroid dienone is 1. The predicted octanol–water partition coefficient (Wildman–Crippen LogP) is 12.8. The first-order valence-corrected chi connectivity index (χ1v) is 15.8. The smallest absolute Gasteiger partial charge is 0.0540 e. The molecule has 0 spiro atoms. The van der Waals surface area contributed by atoms with Crippen LogP contribution < -0.4 is 9.80 Å². The molecule has 222 valence electrons. The minimum Gasteiger partial charge on any atom is -0.310 e. The Kier molecular flexibility index (Phi) is 8.17. The van der Waals surface area contributed by atoms with Gasteiger partial charge in [-0.3, -0.25) is 0 Å². The summed E-state index contributed by atoms with van der Waals surface area (Å²) in [7, 11) is 0. The molecule has 2 heteroatoms. The van der Waals surface area contributed by atoms with Gasteiger partial charge in [0.05, 0.1) is 11.4 Å². The van der Waals surface area contributed by atoms with E-state index in [4.69, 9.17) is 0 Å². The Morgan fingerprint density at radius 2 is 0.870 bits per heavy atom. The Balaban J connectivity index is 1.25. The Labute approximate surface area is 272 Å². The molecule has 0 aliphatic carbocycles. The molecule has 0 saturated heterocycles. The number of fused-ring (bicyclic) bond motifs is 1. The van der Waals surface area contributed by atoms with Crippen molar-refractivity contribution in [2.45, 2.75) is 13.8 Å². The molecule has 7 aromatic carbocycles. The van der Waals surface area contributed by atoms with Crippen LogP contribution in [-0.2, 0) is 0 Å². The summed E-state index contributed by atoms with van der Waals surface area (Å²) in [6.07, 6.45) is 4.31. The number of hydrogen-bond donors (Lipinski definition) is 0. The SMILES string of the molecule is C/C=C\c1c(C)cccc1N(c1ccccc1)c1ccc(-c2ccc(N(c3ccccc3)c3cccc4ccccc34)cc2)cc1. The molecule has 0 bridgehead atoms. The summed E-state index contributed by atoms with van der Waals surface area (Å²) in [5.41, 5.74) is 11.7. The summed E-state index contributed by atoms with van der Waals surface area (Å²) in [5, 5.41) is 2.45. The van der Waals surface area contributed by atoms with Crippen molar-refractivity contribution < 1.29 is 0 Å². The maximum Gasteiger partial charge on any atom is 0.0540 e.